The van der Waals surface area contributed by atoms with E-state index >= 15 is 0 Å². The van der Waals surface area contributed by atoms with Crippen LogP contribution in [0.1, 0.15) is 61.6 Å². The van der Waals surface area contributed by atoms with Crippen LogP contribution in [-0.4, -0.2) is 21.7 Å². The number of nitrogens with one attached hydrogen (secondary N) is 1. The summed E-state index contributed by atoms with van der Waals surface area (Å²) in [5, 5.41) is 7.45. The van der Waals surface area contributed by atoms with Gasteiger partial charge in [0, 0.05) is 18.3 Å². The van der Waals surface area contributed by atoms with Crippen molar-refractivity contribution in [2.45, 2.75) is 65.0 Å². The molecule has 0 radical (unpaired) electrons. The van der Waals surface area contributed by atoms with E-state index in [1.54, 1.807) is 0 Å². The van der Waals surface area contributed by atoms with Gasteiger partial charge in [0.05, 0.1) is 0 Å². The second-order valence-electron chi connectivity index (χ2n) is 5.15. The normalized spacial score (nSPS) is 17.4. The first-order valence-electron chi connectivity index (χ1n) is 7.06. The summed E-state index contributed by atoms with van der Waals surface area (Å²) in [6.45, 7) is 4.83. The van der Waals surface area contributed by atoms with E-state index in [-0.39, 0.29) is 5.91 Å². The minimum absolute atomic E-state index is 0.0165. The number of carbonyl (C=O) groups is 1. The number of hydrogen-bond donors (Lipinski definition) is 1. The molecule has 1 amide bonds. The van der Waals surface area contributed by atoms with Gasteiger partial charge in [0.25, 0.3) is 5.91 Å². The molecule has 18 heavy (non-hydrogen) atoms. The van der Waals surface area contributed by atoms with Gasteiger partial charge in [0.2, 0.25) is 0 Å². The van der Waals surface area contributed by atoms with E-state index < -0.39 is 0 Å². The van der Waals surface area contributed by atoms with Crippen LogP contribution in [0.3, 0.4) is 0 Å². The summed E-state index contributed by atoms with van der Waals surface area (Å²) in [6, 6.07) is 2.21. The second kappa shape index (κ2) is 6.03. The molecule has 1 aliphatic carbocycles. The van der Waals surface area contributed by atoms with Gasteiger partial charge in [-0.15, -0.1) is 0 Å². The predicted octanol–water partition coefficient (Wildman–Crippen LogP) is 2.66. The van der Waals surface area contributed by atoms with E-state index in [1.165, 1.54) is 25.7 Å². The van der Waals surface area contributed by atoms with E-state index in [0.717, 1.165) is 25.1 Å². The van der Waals surface area contributed by atoms with Crippen molar-refractivity contribution >= 4 is 5.91 Å². The Morgan fingerprint density at radius 2 is 2.06 bits per heavy atom. The third-order valence-corrected chi connectivity index (χ3v) is 3.70. The zero-order valence-electron chi connectivity index (χ0n) is 11.4. The summed E-state index contributed by atoms with van der Waals surface area (Å²) < 4.78 is 1.86. The first-order chi connectivity index (χ1) is 8.70. The molecule has 1 aromatic heterocycles. The first kappa shape index (κ1) is 13.1. The quantitative estimate of drug-likeness (QED) is 0.837. The SMILES string of the molecule is CCn1nc(C(=O)NC2CCCCCC2)cc1C. The van der Waals surface area contributed by atoms with Crippen LogP contribution in [-0.2, 0) is 6.54 Å². The van der Waals surface area contributed by atoms with Crippen molar-refractivity contribution in [1.82, 2.24) is 15.1 Å². The van der Waals surface area contributed by atoms with Gasteiger partial charge in [-0.2, -0.15) is 5.10 Å². The topological polar surface area (TPSA) is 46.9 Å². The summed E-state index contributed by atoms with van der Waals surface area (Å²) in [7, 11) is 0. The zero-order valence-corrected chi connectivity index (χ0v) is 11.4. The molecule has 0 atom stereocenters. The molecule has 4 nitrogen and oxygen atoms in total. The molecule has 1 fully saturated rings. The molecule has 1 aliphatic rings. The van der Waals surface area contributed by atoms with Crippen LogP contribution in [0, 0.1) is 6.92 Å². The molecule has 1 N–H and O–H groups in total. The highest BCUT2D eigenvalue weighted by Crippen LogP contribution is 2.17. The van der Waals surface area contributed by atoms with Crippen LogP contribution in [0.2, 0.25) is 0 Å². The largest absolute Gasteiger partial charge is 0.348 e. The zero-order chi connectivity index (χ0) is 13.0. The predicted molar refractivity (Wildman–Crippen MR) is 71.6 cm³/mol. The lowest BCUT2D eigenvalue weighted by Gasteiger charge is -2.15. The third-order valence-electron chi connectivity index (χ3n) is 3.70. The summed E-state index contributed by atoms with van der Waals surface area (Å²) in [4.78, 5) is 12.1. The Kier molecular flexibility index (Phi) is 4.39. The Labute approximate surface area is 109 Å². The highest BCUT2D eigenvalue weighted by atomic mass is 16.2. The number of rotatable bonds is 3. The number of nitrogens with zero attached hydrogens (tertiary/aromatic N) is 2. The van der Waals surface area contributed by atoms with Crippen molar-refractivity contribution in [2.24, 2.45) is 0 Å². The molecule has 100 valence electrons. The van der Waals surface area contributed by atoms with E-state index in [1.807, 2.05) is 24.6 Å². The molecule has 1 aromatic rings. The Bertz CT molecular complexity index is 403. The summed E-state index contributed by atoms with van der Waals surface area (Å²) in [6.07, 6.45) is 7.28. The lowest BCUT2D eigenvalue weighted by atomic mass is 10.1. The average Bonchev–Trinajstić information content (AvgIpc) is 2.57. The Morgan fingerprint density at radius 3 is 2.61 bits per heavy atom. The number of hydrogen-bond acceptors (Lipinski definition) is 2. The minimum atomic E-state index is -0.0165. The Hall–Kier alpha value is -1.32. The van der Waals surface area contributed by atoms with Gasteiger partial charge >= 0.3 is 0 Å². The van der Waals surface area contributed by atoms with Crippen molar-refractivity contribution < 1.29 is 4.79 Å². The maximum absolute atomic E-state index is 12.1. The van der Waals surface area contributed by atoms with Crippen molar-refractivity contribution in [3.8, 4) is 0 Å². The number of aryl methyl sites for hydroxylation is 2. The van der Waals surface area contributed by atoms with Gasteiger partial charge in [0.15, 0.2) is 0 Å². The van der Waals surface area contributed by atoms with Crippen LogP contribution in [0.5, 0.6) is 0 Å². The van der Waals surface area contributed by atoms with Gasteiger partial charge in [-0.25, -0.2) is 0 Å². The maximum atomic E-state index is 12.1. The minimum Gasteiger partial charge on any atom is -0.348 e. The van der Waals surface area contributed by atoms with Crippen LogP contribution in [0.4, 0.5) is 0 Å². The molecule has 1 saturated carbocycles. The fraction of sp³-hybridized carbons (Fsp3) is 0.714. The monoisotopic (exact) mass is 249 g/mol. The molecule has 0 bridgehead atoms. The maximum Gasteiger partial charge on any atom is 0.272 e. The molecule has 1 heterocycles. The number of carbonyl (C=O) groups excluding carboxylic acids is 1. The summed E-state index contributed by atoms with van der Waals surface area (Å²) >= 11 is 0. The van der Waals surface area contributed by atoms with E-state index in [2.05, 4.69) is 10.4 Å². The van der Waals surface area contributed by atoms with Crippen molar-refractivity contribution in [2.75, 3.05) is 0 Å². The number of aromatic nitrogens is 2. The van der Waals surface area contributed by atoms with Crippen LogP contribution < -0.4 is 5.32 Å². The standard InChI is InChI=1S/C14H23N3O/c1-3-17-11(2)10-13(16-17)14(18)15-12-8-6-4-5-7-9-12/h10,12H,3-9H2,1-2H3,(H,15,18). The second-order valence-corrected chi connectivity index (χ2v) is 5.15. The van der Waals surface area contributed by atoms with Crippen LogP contribution in [0.15, 0.2) is 6.07 Å². The van der Waals surface area contributed by atoms with Gasteiger partial charge in [0.1, 0.15) is 5.69 Å². The lowest BCUT2D eigenvalue weighted by molar-refractivity contribution is 0.0927. The van der Waals surface area contributed by atoms with Crippen LogP contribution >= 0.6 is 0 Å². The van der Waals surface area contributed by atoms with Crippen molar-refractivity contribution in [3.05, 3.63) is 17.5 Å². The Morgan fingerprint density at radius 1 is 1.39 bits per heavy atom. The van der Waals surface area contributed by atoms with Crippen LogP contribution in [0.25, 0.3) is 0 Å². The first-order valence-corrected chi connectivity index (χ1v) is 7.06. The molecule has 0 spiro atoms. The molecule has 0 unspecified atom stereocenters. The molecule has 0 aliphatic heterocycles. The smallest absolute Gasteiger partial charge is 0.272 e. The highest BCUT2D eigenvalue weighted by molar-refractivity contribution is 5.92. The van der Waals surface area contributed by atoms with E-state index in [9.17, 15) is 4.79 Å². The molecule has 0 saturated heterocycles. The fourth-order valence-electron chi connectivity index (χ4n) is 2.62. The molecular formula is C14H23N3O. The Balaban J connectivity index is 1.97. The van der Waals surface area contributed by atoms with Gasteiger partial charge in [-0.1, -0.05) is 25.7 Å². The fourth-order valence-corrected chi connectivity index (χ4v) is 2.62. The van der Waals surface area contributed by atoms with E-state index in [4.69, 9.17) is 0 Å². The summed E-state index contributed by atoms with van der Waals surface area (Å²) in [5.74, 6) is -0.0165. The lowest BCUT2D eigenvalue weighted by Crippen LogP contribution is -2.34. The number of amides is 1. The van der Waals surface area contributed by atoms with Gasteiger partial charge in [-0.05, 0) is 32.8 Å². The molecule has 0 aromatic carbocycles. The van der Waals surface area contributed by atoms with Crippen molar-refractivity contribution in [1.29, 1.82) is 0 Å². The molecule has 4 heteroatoms. The average molecular weight is 249 g/mol. The van der Waals surface area contributed by atoms with E-state index in [0.29, 0.717) is 11.7 Å². The third kappa shape index (κ3) is 3.12. The van der Waals surface area contributed by atoms with Crippen molar-refractivity contribution in [3.63, 3.8) is 0 Å². The molecule has 2 rings (SSSR count). The molecular weight excluding hydrogens is 226 g/mol. The highest BCUT2D eigenvalue weighted by Gasteiger charge is 2.17. The summed E-state index contributed by atoms with van der Waals surface area (Å²) in [5.41, 5.74) is 1.60. The van der Waals surface area contributed by atoms with Gasteiger partial charge in [-0.3, -0.25) is 9.48 Å². The van der Waals surface area contributed by atoms with Gasteiger partial charge < -0.3 is 5.32 Å².